The summed E-state index contributed by atoms with van der Waals surface area (Å²) in [6.45, 7) is 3.40. The minimum atomic E-state index is -3.91. The first-order chi connectivity index (χ1) is 12.7. The van der Waals surface area contributed by atoms with E-state index in [4.69, 9.17) is 23.2 Å². The summed E-state index contributed by atoms with van der Waals surface area (Å²) in [4.78, 5) is 12.2. The molecule has 0 aliphatic rings. The molecular formula is C18H17BrCl2N2O3S. The fourth-order valence-electron chi connectivity index (χ4n) is 2.23. The van der Waals surface area contributed by atoms with Gasteiger partial charge in [0.2, 0.25) is 15.9 Å². The van der Waals surface area contributed by atoms with Gasteiger partial charge in [-0.15, -0.1) is 6.58 Å². The standard InChI is InChI=1S/C18H17BrCl2N2O3S/c1-2-9-22-18(24)12-23(11-13-3-8-16(20)17(21)10-13)27(25,26)15-6-4-14(19)5-7-15/h2-8,10H,1,9,11-12H2,(H,22,24). The molecule has 1 N–H and O–H groups in total. The maximum atomic E-state index is 13.1. The molecule has 144 valence electrons. The van der Waals surface area contributed by atoms with Crippen molar-refractivity contribution in [2.75, 3.05) is 13.1 Å². The maximum Gasteiger partial charge on any atom is 0.243 e. The van der Waals surface area contributed by atoms with Crippen molar-refractivity contribution in [2.45, 2.75) is 11.4 Å². The lowest BCUT2D eigenvalue weighted by Crippen LogP contribution is -2.40. The van der Waals surface area contributed by atoms with Gasteiger partial charge < -0.3 is 5.32 Å². The number of amides is 1. The van der Waals surface area contributed by atoms with Gasteiger partial charge in [0.25, 0.3) is 0 Å². The monoisotopic (exact) mass is 490 g/mol. The van der Waals surface area contributed by atoms with E-state index < -0.39 is 15.9 Å². The maximum absolute atomic E-state index is 13.1. The third-order valence-corrected chi connectivity index (χ3v) is 6.63. The number of rotatable bonds is 8. The number of nitrogens with zero attached hydrogens (tertiary/aromatic N) is 1. The van der Waals surface area contributed by atoms with Crippen LogP contribution in [0.4, 0.5) is 0 Å². The van der Waals surface area contributed by atoms with Crippen LogP contribution in [0.1, 0.15) is 5.56 Å². The normalized spacial score (nSPS) is 11.4. The van der Waals surface area contributed by atoms with E-state index >= 15 is 0 Å². The van der Waals surface area contributed by atoms with Gasteiger partial charge in [0, 0.05) is 17.6 Å². The van der Waals surface area contributed by atoms with Gasteiger partial charge in [0.1, 0.15) is 0 Å². The highest BCUT2D eigenvalue weighted by atomic mass is 79.9. The van der Waals surface area contributed by atoms with E-state index in [1.165, 1.54) is 18.2 Å². The molecule has 0 heterocycles. The van der Waals surface area contributed by atoms with E-state index in [0.717, 1.165) is 8.78 Å². The first-order valence-corrected chi connectivity index (χ1v) is 10.8. The third-order valence-electron chi connectivity index (χ3n) is 3.56. The number of sulfonamides is 1. The topological polar surface area (TPSA) is 66.5 Å². The SMILES string of the molecule is C=CCNC(=O)CN(Cc1ccc(Cl)c(Cl)c1)S(=O)(=O)c1ccc(Br)cc1. The molecule has 0 aliphatic heterocycles. The highest BCUT2D eigenvalue weighted by Crippen LogP contribution is 2.25. The molecule has 0 radical (unpaired) electrons. The molecule has 5 nitrogen and oxygen atoms in total. The van der Waals surface area contributed by atoms with Crippen molar-refractivity contribution < 1.29 is 13.2 Å². The van der Waals surface area contributed by atoms with Crippen molar-refractivity contribution in [3.05, 3.63) is 75.2 Å². The zero-order valence-corrected chi connectivity index (χ0v) is 18.1. The van der Waals surface area contributed by atoms with Crippen LogP contribution in [0.25, 0.3) is 0 Å². The van der Waals surface area contributed by atoms with Crippen LogP contribution in [-0.4, -0.2) is 31.7 Å². The van der Waals surface area contributed by atoms with Gasteiger partial charge in [-0.3, -0.25) is 4.79 Å². The molecule has 0 spiro atoms. The van der Waals surface area contributed by atoms with Crippen LogP contribution in [0, 0.1) is 0 Å². The summed E-state index contributed by atoms with van der Waals surface area (Å²) in [5.74, 6) is -0.435. The van der Waals surface area contributed by atoms with E-state index in [1.54, 1.807) is 30.3 Å². The summed E-state index contributed by atoms with van der Waals surface area (Å²) in [5.41, 5.74) is 0.613. The molecule has 0 saturated carbocycles. The first-order valence-electron chi connectivity index (χ1n) is 7.81. The average Bonchev–Trinajstić information content (AvgIpc) is 2.62. The van der Waals surface area contributed by atoms with Crippen molar-refractivity contribution in [3.63, 3.8) is 0 Å². The van der Waals surface area contributed by atoms with Gasteiger partial charge in [-0.05, 0) is 42.0 Å². The Kier molecular flexibility index (Phi) is 7.88. The molecule has 1 amide bonds. The Hall–Kier alpha value is -1.38. The molecule has 2 aromatic carbocycles. The Morgan fingerprint density at radius 1 is 1.15 bits per heavy atom. The molecule has 27 heavy (non-hydrogen) atoms. The van der Waals surface area contributed by atoms with Gasteiger partial charge in [-0.25, -0.2) is 8.42 Å². The predicted octanol–water partition coefficient (Wildman–Crippen LogP) is 4.25. The quantitative estimate of drug-likeness (QED) is 0.561. The Bertz CT molecular complexity index is 934. The number of carbonyl (C=O) groups is 1. The van der Waals surface area contributed by atoms with Crippen molar-refractivity contribution in [1.29, 1.82) is 0 Å². The van der Waals surface area contributed by atoms with Crippen LogP contribution in [0.2, 0.25) is 10.0 Å². The molecular weight excluding hydrogens is 475 g/mol. The second kappa shape index (κ2) is 9.71. The average molecular weight is 492 g/mol. The lowest BCUT2D eigenvalue weighted by Gasteiger charge is -2.22. The van der Waals surface area contributed by atoms with Crippen LogP contribution in [0.3, 0.4) is 0 Å². The number of hydrogen-bond donors (Lipinski definition) is 1. The second-order valence-corrected chi connectivity index (χ2v) is 9.24. The molecule has 9 heteroatoms. The summed E-state index contributed by atoms with van der Waals surface area (Å²) in [5, 5.41) is 3.26. The summed E-state index contributed by atoms with van der Waals surface area (Å²) in [6, 6.07) is 11.0. The van der Waals surface area contributed by atoms with Crippen LogP contribution in [-0.2, 0) is 21.4 Å². The molecule has 0 atom stereocenters. The lowest BCUT2D eigenvalue weighted by atomic mass is 10.2. The Morgan fingerprint density at radius 2 is 1.81 bits per heavy atom. The van der Waals surface area contributed by atoms with Crippen molar-refractivity contribution in [1.82, 2.24) is 9.62 Å². The summed E-state index contributed by atoms with van der Waals surface area (Å²) in [7, 11) is -3.91. The number of benzene rings is 2. The van der Waals surface area contributed by atoms with Gasteiger partial charge in [-0.2, -0.15) is 4.31 Å². The minimum Gasteiger partial charge on any atom is -0.351 e. The fourth-order valence-corrected chi connectivity index (χ4v) is 4.19. The zero-order chi connectivity index (χ0) is 20.0. The lowest BCUT2D eigenvalue weighted by molar-refractivity contribution is -0.121. The summed E-state index contributed by atoms with van der Waals surface area (Å²) < 4.78 is 28.0. The molecule has 0 aliphatic carbocycles. The van der Waals surface area contributed by atoms with Crippen LogP contribution in [0.15, 0.2) is 64.5 Å². The van der Waals surface area contributed by atoms with Crippen molar-refractivity contribution >= 4 is 55.1 Å². The number of carbonyl (C=O) groups excluding carboxylic acids is 1. The van der Waals surface area contributed by atoms with E-state index in [9.17, 15) is 13.2 Å². The molecule has 0 saturated heterocycles. The van der Waals surface area contributed by atoms with E-state index in [-0.39, 0.29) is 24.5 Å². The minimum absolute atomic E-state index is 0.0310. The predicted molar refractivity (Wildman–Crippen MR) is 111 cm³/mol. The highest BCUT2D eigenvalue weighted by molar-refractivity contribution is 9.10. The zero-order valence-electron chi connectivity index (χ0n) is 14.2. The van der Waals surface area contributed by atoms with E-state index in [1.807, 2.05) is 0 Å². The molecule has 0 unspecified atom stereocenters. The third kappa shape index (κ3) is 6.05. The second-order valence-electron chi connectivity index (χ2n) is 5.57. The van der Waals surface area contributed by atoms with Crippen LogP contribution >= 0.6 is 39.1 Å². The summed E-state index contributed by atoms with van der Waals surface area (Å²) >= 11 is 15.2. The van der Waals surface area contributed by atoms with E-state index in [2.05, 4.69) is 27.8 Å². The Balaban J connectivity index is 2.35. The number of nitrogens with one attached hydrogen (secondary N) is 1. The first kappa shape index (κ1) is 21.9. The summed E-state index contributed by atoms with van der Waals surface area (Å²) in [6.07, 6.45) is 1.52. The van der Waals surface area contributed by atoms with Gasteiger partial charge in [0.05, 0.1) is 21.5 Å². The fraction of sp³-hybridized carbons (Fsp3) is 0.167. The van der Waals surface area contributed by atoms with Crippen LogP contribution in [0.5, 0.6) is 0 Å². The molecule has 2 aromatic rings. The van der Waals surface area contributed by atoms with Crippen molar-refractivity contribution in [2.24, 2.45) is 0 Å². The largest absolute Gasteiger partial charge is 0.351 e. The Labute approximate surface area is 177 Å². The van der Waals surface area contributed by atoms with Gasteiger partial charge in [0.15, 0.2) is 0 Å². The van der Waals surface area contributed by atoms with Crippen molar-refractivity contribution in [3.8, 4) is 0 Å². The molecule has 0 bridgehead atoms. The number of halogens is 3. The van der Waals surface area contributed by atoms with Gasteiger partial charge >= 0.3 is 0 Å². The highest BCUT2D eigenvalue weighted by Gasteiger charge is 2.27. The Morgan fingerprint density at radius 3 is 2.41 bits per heavy atom. The molecule has 2 rings (SSSR count). The van der Waals surface area contributed by atoms with Crippen LogP contribution < -0.4 is 5.32 Å². The molecule has 0 aromatic heterocycles. The van der Waals surface area contributed by atoms with Gasteiger partial charge in [-0.1, -0.05) is 51.3 Å². The smallest absolute Gasteiger partial charge is 0.243 e. The molecule has 0 fully saturated rings. The van der Waals surface area contributed by atoms with E-state index in [0.29, 0.717) is 15.6 Å². The number of hydrogen-bond acceptors (Lipinski definition) is 3.